The van der Waals surface area contributed by atoms with E-state index in [2.05, 4.69) is 10.3 Å². The number of amides is 2. The van der Waals surface area contributed by atoms with E-state index in [0.717, 1.165) is 11.3 Å². The van der Waals surface area contributed by atoms with E-state index in [1.165, 1.54) is 43.3 Å². The summed E-state index contributed by atoms with van der Waals surface area (Å²) in [6.45, 7) is 1.30. The number of benzene rings is 2. The summed E-state index contributed by atoms with van der Waals surface area (Å²) in [5.41, 5.74) is 0.346. The fraction of sp³-hybridized carbons (Fsp3) is 0.118. The molecule has 3 aromatic rings. The predicted octanol–water partition coefficient (Wildman–Crippen LogP) is 2.38. The highest BCUT2D eigenvalue weighted by molar-refractivity contribution is 7.90. The fourth-order valence-corrected chi connectivity index (χ4v) is 5.61. The molecule has 1 N–H and O–H groups in total. The first-order chi connectivity index (χ1) is 13.7. The van der Waals surface area contributed by atoms with Crippen LogP contribution in [-0.4, -0.2) is 40.5 Å². The minimum absolute atomic E-state index is 0.0134. The average Bonchev–Trinajstić information content (AvgIpc) is 3.16. The third-order valence-electron chi connectivity index (χ3n) is 4.40. The van der Waals surface area contributed by atoms with Crippen molar-refractivity contribution in [3.63, 3.8) is 0 Å². The normalized spacial score (nSPS) is 15.9. The zero-order chi connectivity index (χ0) is 20.9. The summed E-state index contributed by atoms with van der Waals surface area (Å²) in [5, 5.41) is 13.5. The number of sulfonamides is 1. The Kier molecular flexibility index (Phi) is 4.31. The van der Waals surface area contributed by atoms with Gasteiger partial charge in [-0.25, -0.2) is 17.7 Å². The molecule has 10 nitrogen and oxygen atoms in total. The molecule has 4 rings (SSSR count). The van der Waals surface area contributed by atoms with Crippen molar-refractivity contribution in [1.82, 2.24) is 9.29 Å². The molecule has 1 aliphatic rings. The van der Waals surface area contributed by atoms with Gasteiger partial charge in [0, 0.05) is 12.1 Å². The second kappa shape index (κ2) is 6.60. The van der Waals surface area contributed by atoms with Crippen molar-refractivity contribution in [3.8, 4) is 0 Å². The summed E-state index contributed by atoms with van der Waals surface area (Å²) in [6.07, 6.45) is 0. The van der Waals surface area contributed by atoms with E-state index in [9.17, 15) is 28.1 Å². The molecular weight excluding hydrogens is 420 g/mol. The third kappa shape index (κ3) is 3.02. The van der Waals surface area contributed by atoms with Gasteiger partial charge in [-0.15, -0.1) is 0 Å². The Hall–Kier alpha value is -3.38. The van der Waals surface area contributed by atoms with Crippen LogP contribution in [0.1, 0.15) is 17.3 Å². The van der Waals surface area contributed by atoms with Gasteiger partial charge in [0.15, 0.2) is 5.13 Å². The van der Waals surface area contributed by atoms with Crippen molar-refractivity contribution in [1.29, 1.82) is 0 Å². The first-order valence-corrected chi connectivity index (χ1v) is 10.5. The number of hydrogen-bond acceptors (Lipinski definition) is 8. The largest absolute Gasteiger partial charge is 0.300 e. The zero-order valence-electron chi connectivity index (χ0n) is 14.7. The van der Waals surface area contributed by atoms with Crippen LogP contribution >= 0.6 is 11.3 Å². The number of fused-ring (bicyclic) bond motifs is 2. The number of nitrogens with one attached hydrogen (secondary N) is 1. The Morgan fingerprint density at radius 2 is 2.00 bits per heavy atom. The van der Waals surface area contributed by atoms with Crippen LogP contribution < -0.4 is 5.32 Å². The molecule has 0 saturated carbocycles. The summed E-state index contributed by atoms with van der Waals surface area (Å²) in [7, 11) is -4.14. The highest BCUT2D eigenvalue weighted by Crippen LogP contribution is 2.33. The van der Waals surface area contributed by atoms with Crippen LogP contribution in [-0.2, 0) is 14.8 Å². The van der Waals surface area contributed by atoms with E-state index in [0.29, 0.717) is 14.5 Å². The maximum Gasteiger partial charge on any atom is 0.270 e. The van der Waals surface area contributed by atoms with Crippen LogP contribution in [0, 0.1) is 10.1 Å². The van der Waals surface area contributed by atoms with E-state index >= 15 is 0 Å². The van der Waals surface area contributed by atoms with Gasteiger partial charge in [-0.2, -0.15) is 0 Å². The number of nitro groups is 1. The zero-order valence-corrected chi connectivity index (χ0v) is 16.4. The molecule has 148 valence electrons. The second-order valence-electron chi connectivity index (χ2n) is 6.20. The van der Waals surface area contributed by atoms with Crippen LogP contribution in [0.5, 0.6) is 0 Å². The Labute approximate surface area is 168 Å². The molecule has 1 aliphatic heterocycles. The van der Waals surface area contributed by atoms with Crippen LogP contribution in [0.15, 0.2) is 47.4 Å². The first kappa shape index (κ1) is 19.0. The van der Waals surface area contributed by atoms with Gasteiger partial charge >= 0.3 is 0 Å². The number of carbonyl (C=O) groups is 2. The van der Waals surface area contributed by atoms with E-state index in [-0.39, 0.29) is 21.3 Å². The van der Waals surface area contributed by atoms with Crippen LogP contribution in [0.4, 0.5) is 10.8 Å². The molecule has 0 saturated heterocycles. The molecule has 2 aromatic carbocycles. The molecule has 1 atom stereocenters. The SMILES string of the molecule is C[C@H](C(=O)Nc1nc2ccc([N+](=O)[O-])cc2s1)N1C(=O)c2ccccc2S1(=O)=O. The number of thiazole rings is 1. The number of carbonyl (C=O) groups excluding carboxylic acids is 2. The summed E-state index contributed by atoms with van der Waals surface area (Å²) >= 11 is 1.00. The van der Waals surface area contributed by atoms with Crippen LogP contribution in [0.3, 0.4) is 0 Å². The minimum atomic E-state index is -4.14. The van der Waals surface area contributed by atoms with Gasteiger partial charge in [0.05, 0.1) is 20.7 Å². The standard InChI is InChI=1S/C17H12N4O6S2/c1-9(20-16(23)11-4-2-3-5-14(11)29(20,26)27)15(22)19-17-18-12-7-6-10(21(24)25)8-13(12)28-17/h2-9H,1H3,(H,18,19,22)/t9-/m1/s1. The lowest BCUT2D eigenvalue weighted by atomic mass is 10.2. The van der Waals surface area contributed by atoms with E-state index in [1.807, 2.05) is 0 Å². The molecule has 0 spiro atoms. The predicted molar refractivity (Wildman–Crippen MR) is 104 cm³/mol. The molecule has 0 unspecified atom stereocenters. The van der Waals surface area contributed by atoms with Gasteiger partial charge in [0.1, 0.15) is 10.9 Å². The topological polar surface area (TPSA) is 140 Å². The van der Waals surface area contributed by atoms with Crippen molar-refractivity contribution in [3.05, 3.63) is 58.1 Å². The second-order valence-corrected chi connectivity index (χ2v) is 9.01. The minimum Gasteiger partial charge on any atom is -0.300 e. The number of nitrogens with zero attached hydrogens (tertiary/aromatic N) is 3. The maximum atomic E-state index is 12.7. The highest BCUT2D eigenvalue weighted by Gasteiger charge is 2.45. The number of anilines is 1. The van der Waals surface area contributed by atoms with Gasteiger partial charge in [-0.1, -0.05) is 23.5 Å². The maximum absolute atomic E-state index is 12.7. The van der Waals surface area contributed by atoms with Crippen molar-refractivity contribution < 1.29 is 22.9 Å². The molecule has 29 heavy (non-hydrogen) atoms. The monoisotopic (exact) mass is 432 g/mol. The van der Waals surface area contributed by atoms with Gasteiger partial charge in [-0.05, 0) is 25.1 Å². The van der Waals surface area contributed by atoms with Crippen molar-refractivity contribution in [2.75, 3.05) is 5.32 Å². The highest BCUT2D eigenvalue weighted by atomic mass is 32.2. The fourth-order valence-electron chi connectivity index (χ4n) is 2.98. The number of hydrogen-bond donors (Lipinski definition) is 1. The lowest BCUT2D eigenvalue weighted by Crippen LogP contribution is -2.45. The Morgan fingerprint density at radius 3 is 2.69 bits per heavy atom. The van der Waals surface area contributed by atoms with Crippen molar-refractivity contribution >= 4 is 54.2 Å². The lowest BCUT2D eigenvalue weighted by molar-refractivity contribution is -0.384. The number of nitro benzene ring substituents is 1. The van der Waals surface area contributed by atoms with Crippen LogP contribution in [0.2, 0.25) is 0 Å². The van der Waals surface area contributed by atoms with E-state index < -0.39 is 32.8 Å². The Morgan fingerprint density at radius 1 is 1.28 bits per heavy atom. The van der Waals surface area contributed by atoms with Gasteiger partial charge in [0.2, 0.25) is 5.91 Å². The molecule has 12 heteroatoms. The lowest BCUT2D eigenvalue weighted by Gasteiger charge is -2.21. The molecular formula is C17H12N4O6S2. The molecule has 2 amide bonds. The van der Waals surface area contributed by atoms with Gasteiger partial charge in [-0.3, -0.25) is 19.7 Å². The molecule has 0 bridgehead atoms. The number of non-ortho nitro benzene ring substituents is 1. The summed E-state index contributed by atoms with van der Waals surface area (Å²) < 4.78 is 26.4. The van der Waals surface area contributed by atoms with Crippen LogP contribution in [0.25, 0.3) is 10.2 Å². The quantitative estimate of drug-likeness (QED) is 0.493. The van der Waals surface area contributed by atoms with E-state index in [4.69, 9.17) is 0 Å². The smallest absolute Gasteiger partial charge is 0.270 e. The van der Waals surface area contributed by atoms with Crippen molar-refractivity contribution in [2.45, 2.75) is 17.9 Å². The number of rotatable bonds is 4. The van der Waals surface area contributed by atoms with Gasteiger partial charge < -0.3 is 5.32 Å². The molecule has 1 aromatic heterocycles. The Bertz CT molecular complexity index is 1300. The number of aromatic nitrogens is 1. The molecule has 0 radical (unpaired) electrons. The average molecular weight is 432 g/mol. The van der Waals surface area contributed by atoms with Gasteiger partial charge in [0.25, 0.3) is 21.6 Å². The molecule has 0 aliphatic carbocycles. The van der Waals surface area contributed by atoms with Crippen molar-refractivity contribution in [2.24, 2.45) is 0 Å². The summed E-state index contributed by atoms with van der Waals surface area (Å²) in [6, 6.07) is 8.50. The molecule has 2 heterocycles. The third-order valence-corrected chi connectivity index (χ3v) is 7.24. The summed E-state index contributed by atoms with van der Waals surface area (Å²) in [4.78, 5) is 39.5. The molecule has 0 fully saturated rings. The Balaban J connectivity index is 1.60. The summed E-state index contributed by atoms with van der Waals surface area (Å²) in [5.74, 6) is -1.52. The first-order valence-electron chi connectivity index (χ1n) is 8.24. The van der Waals surface area contributed by atoms with E-state index in [1.54, 1.807) is 6.07 Å².